The molecule has 6 heteroatoms. The largest absolute Gasteiger partial charge is 0.350 e. The first-order valence-corrected chi connectivity index (χ1v) is 8.71. The van der Waals surface area contributed by atoms with Gasteiger partial charge in [-0.15, -0.1) is 11.3 Å². The summed E-state index contributed by atoms with van der Waals surface area (Å²) in [5.74, 6) is 0.790. The summed E-state index contributed by atoms with van der Waals surface area (Å²) >= 11 is 1.43. The van der Waals surface area contributed by atoms with E-state index in [1.807, 2.05) is 25.7 Å². The second kappa shape index (κ2) is 8.88. The molecule has 0 bridgehead atoms. The molecular weight excluding hydrogens is 298 g/mol. The molecule has 0 aromatic carbocycles. The number of amides is 2. The Kier molecular flexibility index (Phi) is 7.51. The molecule has 2 amide bonds. The number of rotatable bonds is 8. The van der Waals surface area contributed by atoms with Gasteiger partial charge in [-0.25, -0.2) is 4.98 Å². The van der Waals surface area contributed by atoms with Crippen LogP contribution in [0.25, 0.3) is 0 Å². The van der Waals surface area contributed by atoms with Gasteiger partial charge in [-0.05, 0) is 11.8 Å². The minimum absolute atomic E-state index is 0.120. The van der Waals surface area contributed by atoms with Gasteiger partial charge in [0.15, 0.2) is 0 Å². The maximum Gasteiger partial charge on any atom is 0.270 e. The number of carbonyl (C=O) groups excluding carboxylic acids is 2. The number of nitrogens with zero attached hydrogens (tertiary/aromatic N) is 2. The highest BCUT2D eigenvalue weighted by Gasteiger charge is 2.17. The van der Waals surface area contributed by atoms with Crippen LogP contribution in [0.5, 0.6) is 0 Å². The Bertz CT molecular complexity index is 497. The Labute approximate surface area is 137 Å². The zero-order chi connectivity index (χ0) is 16.7. The second-order valence-electron chi connectivity index (χ2n) is 6.25. The fourth-order valence-corrected chi connectivity index (χ4v) is 2.75. The van der Waals surface area contributed by atoms with Gasteiger partial charge in [0.05, 0.1) is 6.54 Å². The molecule has 1 aromatic rings. The van der Waals surface area contributed by atoms with Gasteiger partial charge >= 0.3 is 0 Å². The van der Waals surface area contributed by atoms with E-state index in [2.05, 4.69) is 24.1 Å². The van der Waals surface area contributed by atoms with Crippen molar-refractivity contribution in [2.75, 3.05) is 13.1 Å². The van der Waals surface area contributed by atoms with E-state index in [1.165, 1.54) is 11.3 Å². The van der Waals surface area contributed by atoms with Crippen LogP contribution in [0, 0.1) is 11.8 Å². The Morgan fingerprint density at radius 1 is 1.27 bits per heavy atom. The summed E-state index contributed by atoms with van der Waals surface area (Å²) in [5, 5.41) is 5.42. The molecule has 0 fully saturated rings. The summed E-state index contributed by atoms with van der Waals surface area (Å²) in [6.45, 7) is 12.0. The molecule has 1 rings (SSSR count). The van der Waals surface area contributed by atoms with E-state index in [-0.39, 0.29) is 11.8 Å². The first-order valence-electron chi connectivity index (χ1n) is 7.83. The zero-order valence-corrected chi connectivity index (χ0v) is 15.0. The van der Waals surface area contributed by atoms with Gasteiger partial charge in [-0.3, -0.25) is 9.59 Å². The van der Waals surface area contributed by atoms with Crippen molar-refractivity contribution in [2.45, 2.75) is 47.6 Å². The van der Waals surface area contributed by atoms with Crippen molar-refractivity contribution < 1.29 is 9.59 Å². The molecule has 1 heterocycles. The summed E-state index contributed by atoms with van der Waals surface area (Å²) in [4.78, 5) is 30.1. The molecule has 0 unspecified atom stereocenters. The van der Waals surface area contributed by atoms with Gasteiger partial charge in [0.25, 0.3) is 5.91 Å². The van der Waals surface area contributed by atoms with Crippen LogP contribution in [0.2, 0.25) is 0 Å². The number of aromatic nitrogens is 1. The Hall–Kier alpha value is -1.43. The Morgan fingerprint density at radius 3 is 2.50 bits per heavy atom. The summed E-state index contributed by atoms with van der Waals surface area (Å²) in [6.07, 6.45) is 0.486. The van der Waals surface area contributed by atoms with Crippen LogP contribution >= 0.6 is 11.3 Å². The van der Waals surface area contributed by atoms with Crippen LogP contribution in [-0.2, 0) is 11.3 Å². The van der Waals surface area contributed by atoms with Crippen LogP contribution in [0.4, 0.5) is 0 Å². The summed E-state index contributed by atoms with van der Waals surface area (Å²) in [5.41, 5.74) is 0.439. The number of carbonyl (C=O) groups is 2. The molecule has 0 aliphatic heterocycles. The van der Waals surface area contributed by atoms with E-state index >= 15 is 0 Å². The molecule has 1 N–H and O–H groups in total. The lowest BCUT2D eigenvalue weighted by atomic mass is 10.2. The average molecular weight is 325 g/mol. The van der Waals surface area contributed by atoms with Crippen LogP contribution in [0.1, 0.15) is 56.5 Å². The quantitative estimate of drug-likeness (QED) is 0.799. The molecule has 0 aliphatic rings. The average Bonchev–Trinajstić information content (AvgIpc) is 2.91. The molecule has 0 saturated heterocycles. The predicted molar refractivity (Wildman–Crippen MR) is 89.8 cm³/mol. The lowest BCUT2D eigenvalue weighted by molar-refractivity contribution is -0.132. The van der Waals surface area contributed by atoms with Crippen LogP contribution in [-0.4, -0.2) is 34.8 Å². The van der Waals surface area contributed by atoms with Crippen molar-refractivity contribution in [2.24, 2.45) is 11.8 Å². The van der Waals surface area contributed by atoms with E-state index in [4.69, 9.17) is 0 Å². The molecule has 0 radical (unpaired) electrons. The normalized spacial score (nSPS) is 11.0. The van der Waals surface area contributed by atoms with Crippen molar-refractivity contribution in [3.8, 4) is 0 Å². The minimum atomic E-state index is -0.145. The van der Waals surface area contributed by atoms with E-state index in [9.17, 15) is 9.59 Å². The number of hydrogen-bond acceptors (Lipinski definition) is 4. The maximum atomic E-state index is 12.0. The predicted octanol–water partition coefficient (Wildman–Crippen LogP) is 2.92. The number of nitrogens with one attached hydrogen (secondary N) is 1. The van der Waals surface area contributed by atoms with E-state index in [0.717, 1.165) is 5.01 Å². The van der Waals surface area contributed by atoms with Crippen molar-refractivity contribution in [3.63, 3.8) is 0 Å². The first kappa shape index (κ1) is 18.6. The number of thiazole rings is 1. The molecule has 0 saturated carbocycles. The first-order chi connectivity index (χ1) is 10.3. The van der Waals surface area contributed by atoms with Crippen molar-refractivity contribution >= 4 is 23.2 Å². The van der Waals surface area contributed by atoms with E-state index < -0.39 is 0 Å². The lowest BCUT2D eigenvalue weighted by Gasteiger charge is -2.23. The smallest absolute Gasteiger partial charge is 0.270 e. The van der Waals surface area contributed by atoms with Gasteiger partial charge < -0.3 is 10.2 Å². The van der Waals surface area contributed by atoms with Crippen molar-refractivity contribution in [1.29, 1.82) is 0 Å². The molecule has 0 atom stereocenters. The molecule has 0 spiro atoms. The number of hydrogen-bond donors (Lipinski definition) is 1. The van der Waals surface area contributed by atoms with E-state index in [0.29, 0.717) is 43.6 Å². The molecule has 22 heavy (non-hydrogen) atoms. The monoisotopic (exact) mass is 325 g/mol. The fraction of sp³-hybridized carbons (Fsp3) is 0.688. The maximum absolute atomic E-state index is 12.0. The van der Waals surface area contributed by atoms with Crippen molar-refractivity contribution in [1.82, 2.24) is 15.2 Å². The van der Waals surface area contributed by atoms with Crippen LogP contribution in [0.15, 0.2) is 5.38 Å². The van der Waals surface area contributed by atoms with E-state index in [1.54, 1.807) is 5.38 Å². The lowest BCUT2D eigenvalue weighted by Crippen LogP contribution is -2.33. The molecule has 5 nitrogen and oxygen atoms in total. The third kappa shape index (κ3) is 6.13. The second-order valence-corrected chi connectivity index (χ2v) is 7.19. The van der Waals surface area contributed by atoms with Crippen molar-refractivity contribution in [3.05, 3.63) is 16.1 Å². The molecule has 124 valence electrons. The third-order valence-corrected chi connectivity index (χ3v) is 3.86. The highest BCUT2D eigenvalue weighted by molar-refractivity contribution is 7.09. The molecule has 1 aromatic heterocycles. The topological polar surface area (TPSA) is 62.3 Å². The summed E-state index contributed by atoms with van der Waals surface area (Å²) in [6, 6.07) is 0. The standard InChI is InChI=1S/C16H27N3O2S/c1-6-15(20)19(8-12(4)5)9-14-18-13(10-22-14)16(21)17-7-11(2)3/h10-12H,6-9H2,1-5H3,(H,17,21). The summed E-state index contributed by atoms with van der Waals surface area (Å²) < 4.78 is 0. The van der Waals surface area contributed by atoms with Gasteiger partial charge in [0, 0.05) is 24.9 Å². The van der Waals surface area contributed by atoms with Crippen LogP contribution in [0.3, 0.4) is 0 Å². The van der Waals surface area contributed by atoms with Crippen LogP contribution < -0.4 is 5.32 Å². The SMILES string of the molecule is CCC(=O)N(Cc1nc(C(=O)NCC(C)C)cs1)CC(C)C. The molecule has 0 aliphatic carbocycles. The van der Waals surface area contributed by atoms with Gasteiger partial charge in [-0.1, -0.05) is 34.6 Å². The summed E-state index contributed by atoms with van der Waals surface area (Å²) in [7, 11) is 0. The Morgan fingerprint density at radius 2 is 1.95 bits per heavy atom. The Balaban J connectivity index is 2.69. The van der Waals surface area contributed by atoms with Gasteiger partial charge in [0.2, 0.25) is 5.91 Å². The third-order valence-electron chi connectivity index (χ3n) is 3.02. The minimum Gasteiger partial charge on any atom is -0.350 e. The highest BCUT2D eigenvalue weighted by atomic mass is 32.1. The molecular formula is C16H27N3O2S. The highest BCUT2D eigenvalue weighted by Crippen LogP contribution is 2.14. The zero-order valence-electron chi connectivity index (χ0n) is 14.2. The fourth-order valence-electron chi connectivity index (χ4n) is 1.96. The van der Waals surface area contributed by atoms with Gasteiger partial charge in [-0.2, -0.15) is 0 Å². The van der Waals surface area contributed by atoms with Gasteiger partial charge in [0.1, 0.15) is 10.7 Å².